The number of rotatable bonds is 9. The van der Waals surface area contributed by atoms with Gasteiger partial charge >= 0.3 is 0 Å². The van der Waals surface area contributed by atoms with Crippen LogP contribution in [-0.2, 0) is 21.3 Å². The molecule has 7 nitrogen and oxygen atoms in total. The lowest BCUT2D eigenvalue weighted by Crippen LogP contribution is -2.34. The van der Waals surface area contributed by atoms with E-state index in [-0.39, 0.29) is 11.4 Å². The van der Waals surface area contributed by atoms with Gasteiger partial charge < -0.3 is 19.8 Å². The summed E-state index contributed by atoms with van der Waals surface area (Å²) in [5, 5.41) is 0. The number of hydrogen-bond donors (Lipinski definition) is 2. The average Bonchev–Trinajstić information content (AvgIpc) is 2.78. The zero-order valence-corrected chi connectivity index (χ0v) is 13.0. The van der Waals surface area contributed by atoms with Crippen molar-refractivity contribution in [1.29, 1.82) is 0 Å². The number of sulfonamides is 1. The molecule has 0 aliphatic rings. The van der Waals surface area contributed by atoms with Crippen LogP contribution in [0, 0.1) is 6.92 Å². The fraction of sp³-hybridized carbons (Fsp3) is 0.667. The first-order valence-corrected chi connectivity index (χ1v) is 7.85. The summed E-state index contributed by atoms with van der Waals surface area (Å²) in [4.78, 5) is 2.14. The van der Waals surface area contributed by atoms with Gasteiger partial charge in [-0.1, -0.05) is 0 Å². The smallest absolute Gasteiger partial charge is 0.244 e. The van der Waals surface area contributed by atoms with Crippen LogP contribution in [0.15, 0.2) is 15.4 Å². The van der Waals surface area contributed by atoms with E-state index in [0.717, 1.165) is 6.54 Å². The number of methoxy groups -OCH3 is 1. The Balaban J connectivity index is 2.55. The summed E-state index contributed by atoms with van der Waals surface area (Å²) in [6.45, 7) is 4.08. The molecule has 0 atom stereocenters. The summed E-state index contributed by atoms with van der Waals surface area (Å²) in [6, 6.07) is 1.46. The lowest BCUT2D eigenvalue weighted by atomic mass is 10.4. The summed E-state index contributed by atoms with van der Waals surface area (Å²) in [6.07, 6.45) is 0. The van der Waals surface area contributed by atoms with Crippen molar-refractivity contribution in [3.63, 3.8) is 0 Å². The summed E-state index contributed by atoms with van der Waals surface area (Å²) in [5.41, 5.74) is 5.43. The van der Waals surface area contributed by atoms with Crippen molar-refractivity contribution < 1.29 is 17.6 Å². The van der Waals surface area contributed by atoms with Gasteiger partial charge in [0.15, 0.2) is 0 Å². The minimum absolute atomic E-state index is 0.150. The van der Waals surface area contributed by atoms with Crippen molar-refractivity contribution in [3.05, 3.63) is 17.6 Å². The minimum Gasteiger partial charge on any atom is -0.464 e. The summed E-state index contributed by atoms with van der Waals surface area (Å²) in [5.74, 6) is 0.811. The molecule has 1 heterocycles. The molecule has 0 aromatic carbocycles. The first kappa shape index (κ1) is 17.1. The van der Waals surface area contributed by atoms with E-state index in [1.54, 1.807) is 14.0 Å². The van der Waals surface area contributed by atoms with E-state index >= 15 is 0 Å². The van der Waals surface area contributed by atoms with Crippen LogP contribution in [0.25, 0.3) is 0 Å². The zero-order chi connectivity index (χ0) is 15.2. The molecule has 20 heavy (non-hydrogen) atoms. The van der Waals surface area contributed by atoms with Crippen LogP contribution >= 0.6 is 0 Å². The third-order valence-corrected chi connectivity index (χ3v) is 4.45. The molecule has 0 aliphatic heterocycles. The molecule has 116 valence electrons. The van der Waals surface area contributed by atoms with Crippen molar-refractivity contribution in [2.45, 2.75) is 18.4 Å². The molecule has 1 rings (SSSR count). The Hall–Kier alpha value is -0.930. The van der Waals surface area contributed by atoms with Gasteiger partial charge in [-0.15, -0.1) is 0 Å². The van der Waals surface area contributed by atoms with Crippen LogP contribution in [-0.4, -0.2) is 53.7 Å². The molecule has 0 spiro atoms. The quantitative estimate of drug-likeness (QED) is 0.661. The standard InChI is InChI=1S/C12H23N3O4S/c1-10-12(8-11(9-13)19-10)20(16,17)14-4-5-15(2)6-7-18-3/h8,14H,4-7,9,13H2,1-3H3. The van der Waals surface area contributed by atoms with Gasteiger partial charge in [0.25, 0.3) is 0 Å². The Morgan fingerprint density at radius 2 is 2.15 bits per heavy atom. The predicted octanol–water partition coefficient (Wildman–Crippen LogP) is -0.0968. The molecule has 8 heteroatoms. The van der Waals surface area contributed by atoms with Gasteiger partial charge in [-0.3, -0.25) is 0 Å². The number of likely N-dealkylation sites (N-methyl/N-ethyl adjacent to an activating group) is 1. The first-order chi connectivity index (χ1) is 9.40. The lowest BCUT2D eigenvalue weighted by molar-refractivity contribution is 0.162. The van der Waals surface area contributed by atoms with Crippen LogP contribution in [0.2, 0.25) is 0 Å². The van der Waals surface area contributed by atoms with Crippen LogP contribution in [0.3, 0.4) is 0 Å². The highest BCUT2D eigenvalue weighted by Crippen LogP contribution is 2.19. The molecular weight excluding hydrogens is 282 g/mol. The Morgan fingerprint density at radius 3 is 2.70 bits per heavy atom. The molecule has 0 amide bonds. The second kappa shape index (κ2) is 7.75. The van der Waals surface area contributed by atoms with Crippen molar-refractivity contribution in [2.75, 3.05) is 40.4 Å². The Morgan fingerprint density at radius 1 is 1.45 bits per heavy atom. The largest absolute Gasteiger partial charge is 0.464 e. The predicted molar refractivity (Wildman–Crippen MR) is 75.9 cm³/mol. The molecule has 0 fully saturated rings. The summed E-state index contributed by atoms with van der Waals surface area (Å²) < 4.78 is 37.0. The van der Waals surface area contributed by atoms with Gasteiger partial charge in [0.1, 0.15) is 16.4 Å². The fourth-order valence-electron chi connectivity index (χ4n) is 1.70. The average molecular weight is 305 g/mol. The Labute approximate surface area is 120 Å². The number of ether oxygens (including phenoxy) is 1. The Kier molecular flexibility index (Phi) is 6.63. The first-order valence-electron chi connectivity index (χ1n) is 6.37. The molecule has 0 unspecified atom stereocenters. The molecule has 0 saturated carbocycles. The van der Waals surface area contributed by atoms with E-state index in [0.29, 0.717) is 31.2 Å². The number of aryl methyl sites for hydroxylation is 1. The second-order valence-corrected chi connectivity index (χ2v) is 6.27. The molecule has 0 bridgehead atoms. The monoisotopic (exact) mass is 305 g/mol. The van der Waals surface area contributed by atoms with Crippen LogP contribution < -0.4 is 10.5 Å². The normalized spacial score (nSPS) is 12.2. The molecule has 3 N–H and O–H groups in total. The second-order valence-electron chi connectivity index (χ2n) is 4.53. The highest BCUT2D eigenvalue weighted by molar-refractivity contribution is 7.89. The fourth-order valence-corrected chi connectivity index (χ4v) is 2.92. The topological polar surface area (TPSA) is 97.8 Å². The van der Waals surface area contributed by atoms with E-state index in [4.69, 9.17) is 14.9 Å². The van der Waals surface area contributed by atoms with Crippen molar-refractivity contribution in [1.82, 2.24) is 9.62 Å². The van der Waals surface area contributed by atoms with Crippen molar-refractivity contribution in [2.24, 2.45) is 5.73 Å². The maximum atomic E-state index is 12.1. The van der Waals surface area contributed by atoms with Gasteiger partial charge in [-0.05, 0) is 14.0 Å². The summed E-state index contributed by atoms with van der Waals surface area (Å²) >= 11 is 0. The Bertz CT molecular complexity index is 513. The zero-order valence-electron chi connectivity index (χ0n) is 12.2. The third kappa shape index (κ3) is 4.88. The lowest BCUT2D eigenvalue weighted by Gasteiger charge is -2.16. The number of nitrogens with one attached hydrogen (secondary N) is 1. The maximum absolute atomic E-state index is 12.1. The number of hydrogen-bond acceptors (Lipinski definition) is 6. The van der Waals surface area contributed by atoms with Gasteiger partial charge in [-0.25, -0.2) is 13.1 Å². The number of furan rings is 1. The minimum atomic E-state index is -3.55. The molecule has 0 radical (unpaired) electrons. The SMILES string of the molecule is COCCN(C)CCNS(=O)(=O)c1cc(CN)oc1C. The number of nitrogens with zero attached hydrogens (tertiary/aromatic N) is 1. The van der Waals surface area contributed by atoms with Gasteiger partial charge in [0, 0.05) is 32.8 Å². The van der Waals surface area contributed by atoms with E-state index in [1.807, 2.05) is 11.9 Å². The molecule has 1 aromatic rings. The van der Waals surface area contributed by atoms with Gasteiger partial charge in [0.05, 0.1) is 13.2 Å². The highest BCUT2D eigenvalue weighted by Gasteiger charge is 2.20. The molecule has 0 aliphatic carbocycles. The van der Waals surface area contributed by atoms with E-state index in [9.17, 15) is 8.42 Å². The number of nitrogens with two attached hydrogens (primary N) is 1. The van der Waals surface area contributed by atoms with E-state index in [1.165, 1.54) is 6.07 Å². The highest BCUT2D eigenvalue weighted by atomic mass is 32.2. The van der Waals surface area contributed by atoms with Crippen molar-refractivity contribution in [3.8, 4) is 0 Å². The third-order valence-electron chi connectivity index (χ3n) is 2.88. The van der Waals surface area contributed by atoms with Crippen LogP contribution in [0.5, 0.6) is 0 Å². The van der Waals surface area contributed by atoms with Crippen LogP contribution in [0.1, 0.15) is 11.5 Å². The maximum Gasteiger partial charge on any atom is 0.244 e. The summed E-state index contributed by atoms with van der Waals surface area (Å²) in [7, 11) is -0.0157. The molecule has 0 saturated heterocycles. The van der Waals surface area contributed by atoms with Gasteiger partial charge in [0.2, 0.25) is 10.0 Å². The molecular formula is C12H23N3O4S. The van der Waals surface area contributed by atoms with E-state index < -0.39 is 10.0 Å². The van der Waals surface area contributed by atoms with Gasteiger partial charge in [-0.2, -0.15) is 0 Å². The van der Waals surface area contributed by atoms with E-state index in [2.05, 4.69) is 4.72 Å². The van der Waals surface area contributed by atoms with Crippen molar-refractivity contribution >= 4 is 10.0 Å². The van der Waals surface area contributed by atoms with Crippen LogP contribution in [0.4, 0.5) is 0 Å². The molecule has 1 aromatic heterocycles.